The molecule has 1 saturated heterocycles. The third-order valence-corrected chi connectivity index (χ3v) is 5.31. The Kier molecular flexibility index (Phi) is 7.33. The van der Waals surface area contributed by atoms with Crippen LogP contribution < -0.4 is 0 Å². The summed E-state index contributed by atoms with van der Waals surface area (Å²) in [4.78, 5) is 24.5. The Morgan fingerprint density at radius 3 is 1.79 bits per heavy atom. The number of nitrogens with zero attached hydrogens (tertiary/aromatic N) is 3. The molecule has 7 nitrogen and oxygen atoms in total. The SMILES string of the molecule is O=C(O)N1CC(=NOCc2ccccc2)C(=NOCc2ccccc2)C1Cc1ccccc1. The smallest absolute Gasteiger partial charge is 0.408 e. The number of likely N-dealkylation sites (tertiary alicyclic amines) is 1. The van der Waals surface area contributed by atoms with Crippen molar-refractivity contribution in [1.82, 2.24) is 4.90 Å². The summed E-state index contributed by atoms with van der Waals surface area (Å²) in [5, 5.41) is 18.4. The third kappa shape index (κ3) is 5.98. The Balaban J connectivity index is 1.57. The molecule has 3 aromatic rings. The standard InChI is InChI=1S/C26H25N3O4/c30-26(31)29-17-23(27-32-18-21-12-6-2-7-13-21)25(24(29)16-20-10-4-1-5-11-20)28-33-19-22-14-8-3-9-15-22/h1-15,24H,16-19H2,(H,30,31). The van der Waals surface area contributed by atoms with Crippen LogP contribution in [0.25, 0.3) is 0 Å². The van der Waals surface area contributed by atoms with Crippen molar-refractivity contribution < 1.29 is 19.6 Å². The van der Waals surface area contributed by atoms with Gasteiger partial charge >= 0.3 is 6.09 Å². The molecule has 1 heterocycles. The fourth-order valence-electron chi connectivity index (χ4n) is 3.64. The quantitative estimate of drug-likeness (QED) is 0.510. The Bertz CT molecular complexity index is 1100. The van der Waals surface area contributed by atoms with Gasteiger partial charge in [0.1, 0.15) is 24.6 Å². The van der Waals surface area contributed by atoms with E-state index < -0.39 is 12.1 Å². The Morgan fingerprint density at radius 2 is 1.27 bits per heavy atom. The molecule has 0 aromatic heterocycles. The van der Waals surface area contributed by atoms with Crippen LogP contribution in [-0.2, 0) is 29.3 Å². The van der Waals surface area contributed by atoms with Gasteiger partial charge in [0.2, 0.25) is 0 Å². The van der Waals surface area contributed by atoms with Gasteiger partial charge in [-0.05, 0) is 23.1 Å². The first-order valence-electron chi connectivity index (χ1n) is 10.7. The van der Waals surface area contributed by atoms with Crippen LogP contribution >= 0.6 is 0 Å². The van der Waals surface area contributed by atoms with Crippen molar-refractivity contribution in [2.24, 2.45) is 10.3 Å². The molecule has 0 bridgehead atoms. The van der Waals surface area contributed by atoms with E-state index in [4.69, 9.17) is 9.68 Å². The number of rotatable bonds is 8. The molecule has 0 spiro atoms. The Labute approximate surface area is 192 Å². The summed E-state index contributed by atoms with van der Waals surface area (Å²) in [6.45, 7) is 0.627. The zero-order chi connectivity index (χ0) is 22.9. The minimum Gasteiger partial charge on any atom is -0.465 e. The molecule has 1 aliphatic rings. The lowest BCUT2D eigenvalue weighted by Crippen LogP contribution is -2.38. The second-order valence-electron chi connectivity index (χ2n) is 7.65. The second-order valence-corrected chi connectivity index (χ2v) is 7.65. The van der Waals surface area contributed by atoms with Gasteiger partial charge < -0.3 is 14.8 Å². The Morgan fingerprint density at radius 1 is 0.788 bits per heavy atom. The summed E-state index contributed by atoms with van der Waals surface area (Å²) in [7, 11) is 0. The van der Waals surface area contributed by atoms with Crippen LogP contribution in [0.3, 0.4) is 0 Å². The fourth-order valence-corrected chi connectivity index (χ4v) is 3.64. The van der Waals surface area contributed by atoms with E-state index in [0.717, 1.165) is 16.7 Å². The van der Waals surface area contributed by atoms with E-state index in [1.54, 1.807) is 0 Å². The summed E-state index contributed by atoms with van der Waals surface area (Å²) in [5.74, 6) is 0. The highest BCUT2D eigenvalue weighted by Gasteiger charge is 2.40. The van der Waals surface area contributed by atoms with E-state index in [9.17, 15) is 9.90 Å². The van der Waals surface area contributed by atoms with Gasteiger partial charge in [-0.1, -0.05) is 101 Å². The van der Waals surface area contributed by atoms with E-state index in [1.807, 2.05) is 91.0 Å². The molecular weight excluding hydrogens is 418 g/mol. The van der Waals surface area contributed by atoms with Crippen molar-refractivity contribution in [2.75, 3.05) is 6.54 Å². The summed E-state index contributed by atoms with van der Waals surface area (Å²) in [6, 6.07) is 28.5. The zero-order valence-electron chi connectivity index (χ0n) is 18.1. The van der Waals surface area contributed by atoms with Crippen LogP contribution in [0.15, 0.2) is 101 Å². The highest BCUT2D eigenvalue weighted by molar-refractivity contribution is 6.47. The lowest BCUT2D eigenvalue weighted by Gasteiger charge is -2.20. The first-order valence-corrected chi connectivity index (χ1v) is 10.7. The maximum absolute atomic E-state index is 12.0. The molecular formula is C26H25N3O4. The molecule has 1 unspecified atom stereocenters. The van der Waals surface area contributed by atoms with Crippen LogP contribution in [0, 0.1) is 0 Å². The lowest BCUT2D eigenvalue weighted by molar-refractivity contribution is 0.126. The molecule has 1 aliphatic heterocycles. The van der Waals surface area contributed by atoms with Gasteiger partial charge in [-0.2, -0.15) is 0 Å². The first-order chi connectivity index (χ1) is 16.2. The van der Waals surface area contributed by atoms with Crippen molar-refractivity contribution in [3.8, 4) is 0 Å². The zero-order valence-corrected chi connectivity index (χ0v) is 18.1. The topological polar surface area (TPSA) is 83.7 Å². The van der Waals surface area contributed by atoms with Crippen LogP contribution in [-0.4, -0.2) is 40.1 Å². The number of oxime groups is 2. The highest BCUT2D eigenvalue weighted by atomic mass is 16.6. The monoisotopic (exact) mass is 443 g/mol. The van der Waals surface area contributed by atoms with Crippen LogP contribution in [0.5, 0.6) is 0 Å². The summed E-state index contributed by atoms with van der Waals surface area (Å²) in [5.41, 5.74) is 3.84. The predicted octanol–water partition coefficient (Wildman–Crippen LogP) is 4.74. The predicted molar refractivity (Wildman–Crippen MR) is 126 cm³/mol. The number of benzene rings is 3. The van der Waals surface area contributed by atoms with E-state index in [0.29, 0.717) is 17.8 Å². The average molecular weight is 444 g/mol. The summed E-state index contributed by atoms with van der Waals surface area (Å²) in [6.07, 6.45) is -0.585. The van der Waals surface area contributed by atoms with Crippen LogP contribution in [0.2, 0.25) is 0 Å². The second kappa shape index (κ2) is 10.9. The van der Waals surface area contributed by atoms with Gasteiger partial charge in [0.15, 0.2) is 0 Å². The lowest BCUT2D eigenvalue weighted by atomic mass is 10.0. The minimum absolute atomic E-state index is 0.0785. The van der Waals surface area contributed by atoms with Crippen LogP contribution in [0.4, 0.5) is 4.79 Å². The van der Waals surface area contributed by atoms with Crippen molar-refractivity contribution in [1.29, 1.82) is 0 Å². The van der Waals surface area contributed by atoms with E-state index in [-0.39, 0.29) is 19.8 Å². The number of amides is 1. The van der Waals surface area contributed by atoms with Gasteiger partial charge in [-0.25, -0.2) is 4.79 Å². The van der Waals surface area contributed by atoms with Crippen molar-refractivity contribution in [3.05, 3.63) is 108 Å². The highest BCUT2D eigenvalue weighted by Crippen LogP contribution is 2.20. The Hall–Kier alpha value is -4.13. The van der Waals surface area contributed by atoms with E-state index in [1.165, 1.54) is 4.90 Å². The largest absolute Gasteiger partial charge is 0.465 e. The molecule has 0 aliphatic carbocycles. The van der Waals surface area contributed by atoms with Crippen molar-refractivity contribution >= 4 is 17.5 Å². The third-order valence-electron chi connectivity index (χ3n) is 5.31. The van der Waals surface area contributed by atoms with Crippen molar-refractivity contribution in [3.63, 3.8) is 0 Å². The molecule has 0 radical (unpaired) electrons. The normalized spacial score (nSPS) is 17.9. The number of hydrogen-bond donors (Lipinski definition) is 1. The number of hydrogen-bond acceptors (Lipinski definition) is 5. The molecule has 0 saturated carbocycles. The van der Waals surface area contributed by atoms with E-state index >= 15 is 0 Å². The molecule has 33 heavy (non-hydrogen) atoms. The average Bonchev–Trinajstić information content (AvgIpc) is 3.18. The number of carboxylic acid groups (broad SMARTS) is 1. The number of carbonyl (C=O) groups is 1. The summed E-state index contributed by atoms with van der Waals surface area (Å²) >= 11 is 0. The van der Waals surface area contributed by atoms with Crippen LogP contribution in [0.1, 0.15) is 16.7 Å². The molecule has 4 rings (SSSR count). The minimum atomic E-state index is -1.04. The first kappa shape index (κ1) is 22.1. The maximum Gasteiger partial charge on any atom is 0.408 e. The maximum atomic E-state index is 12.0. The van der Waals surface area contributed by atoms with Gasteiger partial charge in [0, 0.05) is 0 Å². The van der Waals surface area contributed by atoms with Gasteiger partial charge in [-0.3, -0.25) is 4.90 Å². The fraction of sp³-hybridized carbons (Fsp3) is 0.192. The molecule has 7 heteroatoms. The van der Waals surface area contributed by atoms with Gasteiger partial charge in [0.25, 0.3) is 0 Å². The van der Waals surface area contributed by atoms with E-state index in [2.05, 4.69) is 10.3 Å². The molecule has 3 aromatic carbocycles. The van der Waals surface area contributed by atoms with Gasteiger partial charge in [0.05, 0.1) is 12.6 Å². The molecule has 1 fully saturated rings. The molecule has 1 N–H and O–H groups in total. The molecule has 168 valence electrons. The molecule has 1 amide bonds. The molecule has 1 atom stereocenters. The van der Waals surface area contributed by atoms with Crippen molar-refractivity contribution in [2.45, 2.75) is 25.7 Å². The summed E-state index contributed by atoms with van der Waals surface area (Å²) < 4.78 is 0. The van der Waals surface area contributed by atoms with Gasteiger partial charge in [-0.15, -0.1) is 0 Å².